The highest BCUT2D eigenvalue weighted by molar-refractivity contribution is 14.1. The molecule has 1 aromatic carbocycles. The van der Waals surface area contributed by atoms with E-state index in [2.05, 4.69) is 10.1 Å². The summed E-state index contributed by atoms with van der Waals surface area (Å²) in [6.07, 6.45) is -6.86. The molecule has 0 radical (unpaired) electrons. The molecular formula is C19H17F3I3NO7S. The fraction of sp³-hybridized carbons (Fsp3) is 0.526. The third-order valence-corrected chi connectivity index (χ3v) is 10.3. The van der Waals surface area contributed by atoms with E-state index in [-0.39, 0.29) is 11.5 Å². The van der Waals surface area contributed by atoms with Crippen molar-refractivity contribution in [2.75, 3.05) is 5.75 Å². The van der Waals surface area contributed by atoms with Gasteiger partial charge in [-0.2, -0.15) is 21.6 Å². The Bertz CT molecular complexity index is 1130. The van der Waals surface area contributed by atoms with Gasteiger partial charge in [-0.1, -0.05) is 0 Å². The number of nitrogens with one attached hydrogen (secondary N) is 1. The van der Waals surface area contributed by atoms with E-state index < -0.39 is 63.7 Å². The van der Waals surface area contributed by atoms with Crippen LogP contribution in [0, 0.1) is 34.4 Å². The number of ether oxygens (including phenoxy) is 1. The molecule has 15 heteroatoms. The summed E-state index contributed by atoms with van der Waals surface area (Å²) in [5.74, 6) is -7.80. The van der Waals surface area contributed by atoms with Gasteiger partial charge in [0.1, 0.15) is 5.75 Å². The molecule has 0 aliphatic heterocycles. The van der Waals surface area contributed by atoms with Crippen molar-refractivity contribution in [2.45, 2.75) is 31.5 Å². The van der Waals surface area contributed by atoms with Crippen molar-refractivity contribution in [2.24, 2.45) is 23.7 Å². The van der Waals surface area contributed by atoms with Crippen LogP contribution in [0.5, 0.6) is 0 Å². The number of benzene rings is 1. The smallest absolute Gasteiger partial charge is 0.426 e. The maximum absolute atomic E-state index is 13.2. The highest BCUT2D eigenvalue weighted by Crippen LogP contribution is 2.53. The lowest BCUT2D eigenvalue weighted by Crippen LogP contribution is -2.46. The summed E-state index contributed by atoms with van der Waals surface area (Å²) in [7, 11) is -5.10. The molecule has 0 spiro atoms. The zero-order chi connectivity index (χ0) is 25.6. The summed E-state index contributed by atoms with van der Waals surface area (Å²) < 4.78 is 77.1. The van der Waals surface area contributed by atoms with Crippen molar-refractivity contribution in [3.63, 3.8) is 0 Å². The Morgan fingerprint density at radius 1 is 1.12 bits per heavy atom. The quantitative estimate of drug-likeness (QED) is 0.147. The minimum atomic E-state index is -5.24. The van der Waals surface area contributed by atoms with Gasteiger partial charge in [0.25, 0.3) is 16.0 Å². The molecule has 2 N–H and O–H groups in total. The van der Waals surface area contributed by atoms with E-state index in [0.717, 1.165) is 7.14 Å². The third kappa shape index (κ3) is 6.53. The molecule has 5 atom stereocenters. The fourth-order valence-corrected chi connectivity index (χ4v) is 7.64. The van der Waals surface area contributed by atoms with Crippen LogP contribution < -0.4 is 5.32 Å². The highest BCUT2D eigenvalue weighted by atomic mass is 127. The van der Waals surface area contributed by atoms with Crippen molar-refractivity contribution in [1.82, 2.24) is 5.32 Å². The number of amides is 2. The summed E-state index contributed by atoms with van der Waals surface area (Å²) in [4.78, 5) is 38.5. The maximum atomic E-state index is 13.2. The summed E-state index contributed by atoms with van der Waals surface area (Å²) in [6.45, 7) is 0. The molecule has 2 bridgehead atoms. The largest absolute Gasteiger partial charge is 0.451 e. The van der Waals surface area contributed by atoms with Crippen LogP contribution >= 0.6 is 67.8 Å². The Balaban J connectivity index is 1.80. The first-order chi connectivity index (χ1) is 15.6. The molecule has 2 fully saturated rings. The topological polar surface area (TPSA) is 127 Å². The zero-order valence-electron chi connectivity index (χ0n) is 16.9. The van der Waals surface area contributed by atoms with Crippen LogP contribution in [0.25, 0.3) is 0 Å². The van der Waals surface area contributed by atoms with Crippen LogP contribution in [0.4, 0.5) is 13.2 Å². The van der Waals surface area contributed by atoms with Crippen molar-refractivity contribution in [3.05, 3.63) is 28.4 Å². The lowest BCUT2D eigenvalue weighted by molar-refractivity contribution is -0.219. The van der Waals surface area contributed by atoms with Crippen molar-refractivity contribution in [1.29, 1.82) is 0 Å². The number of fused-ring (bicyclic) bond motifs is 2. The SMILES string of the molecule is O=C(NC(=O)C1C2CCC(C2)C1C(=O)OC(CS(=O)(=O)O)C(F)(F)F)c1cc(I)cc(I)c1I. The summed E-state index contributed by atoms with van der Waals surface area (Å²) in [6, 6.07) is 3.43. The number of hydrogen-bond donors (Lipinski definition) is 2. The van der Waals surface area contributed by atoms with Gasteiger partial charge in [0.05, 0.1) is 17.4 Å². The maximum Gasteiger partial charge on any atom is 0.426 e. The molecule has 2 aliphatic carbocycles. The molecule has 2 amide bonds. The molecule has 5 unspecified atom stereocenters. The minimum Gasteiger partial charge on any atom is -0.451 e. The second-order valence-corrected chi connectivity index (χ2v) is 13.2. The van der Waals surface area contributed by atoms with Crippen LogP contribution in [0.1, 0.15) is 29.6 Å². The van der Waals surface area contributed by atoms with E-state index in [4.69, 9.17) is 4.55 Å². The monoisotopic (exact) mass is 841 g/mol. The number of esters is 1. The normalized spacial score (nSPS) is 25.1. The molecule has 2 aliphatic rings. The number of rotatable bonds is 6. The van der Waals surface area contributed by atoms with Gasteiger partial charge < -0.3 is 4.74 Å². The highest BCUT2D eigenvalue weighted by Gasteiger charge is 2.56. The predicted octanol–water partition coefficient (Wildman–Crippen LogP) is 3.78. The van der Waals surface area contributed by atoms with Gasteiger partial charge in [0, 0.05) is 10.7 Å². The molecule has 1 aromatic rings. The predicted molar refractivity (Wildman–Crippen MR) is 137 cm³/mol. The molecular weight excluding hydrogens is 824 g/mol. The average molecular weight is 841 g/mol. The summed E-state index contributed by atoms with van der Waals surface area (Å²) >= 11 is 6.03. The number of imide groups is 1. The van der Waals surface area contributed by atoms with E-state index in [1.54, 1.807) is 6.07 Å². The minimum absolute atomic E-state index is 0.248. The molecule has 188 valence electrons. The lowest BCUT2D eigenvalue weighted by Gasteiger charge is -2.30. The Hall–Kier alpha value is -0.280. The first kappa shape index (κ1) is 28.3. The molecule has 0 heterocycles. The molecule has 8 nitrogen and oxygen atoms in total. The van der Waals surface area contributed by atoms with Gasteiger partial charge in [-0.05, 0) is 111 Å². The van der Waals surface area contributed by atoms with Crippen LogP contribution in [-0.4, -0.2) is 48.8 Å². The van der Waals surface area contributed by atoms with Crippen molar-refractivity contribution < 1.29 is 45.3 Å². The van der Waals surface area contributed by atoms with Crippen LogP contribution in [0.15, 0.2) is 12.1 Å². The second-order valence-electron chi connectivity index (χ2n) is 8.17. The molecule has 0 aromatic heterocycles. The summed E-state index contributed by atoms with van der Waals surface area (Å²) in [5, 5.41) is 2.27. The molecule has 3 rings (SSSR count). The van der Waals surface area contributed by atoms with E-state index in [9.17, 15) is 36.0 Å². The molecule has 2 saturated carbocycles. The van der Waals surface area contributed by atoms with E-state index in [1.165, 1.54) is 0 Å². The van der Waals surface area contributed by atoms with Crippen LogP contribution in [-0.2, 0) is 24.4 Å². The van der Waals surface area contributed by atoms with E-state index in [0.29, 0.717) is 22.8 Å². The Labute approximate surface area is 233 Å². The first-order valence-corrected chi connectivity index (χ1v) is 14.6. The number of hydrogen-bond acceptors (Lipinski definition) is 6. The first-order valence-electron chi connectivity index (χ1n) is 9.80. The Morgan fingerprint density at radius 2 is 1.71 bits per heavy atom. The fourth-order valence-electron chi connectivity index (χ4n) is 4.60. The Morgan fingerprint density at radius 3 is 2.26 bits per heavy atom. The van der Waals surface area contributed by atoms with Gasteiger partial charge >= 0.3 is 12.1 Å². The van der Waals surface area contributed by atoms with Crippen molar-refractivity contribution in [3.8, 4) is 0 Å². The van der Waals surface area contributed by atoms with Gasteiger partial charge in [0.2, 0.25) is 12.0 Å². The van der Waals surface area contributed by atoms with E-state index in [1.807, 2.05) is 73.8 Å². The summed E-state index contributed by atoms with van der Waals surface area (Å²) in [5.41, 5.74) is 0.248. The number of carbonyl (C=O) groups excluding carboxylic acids is 3. The molecule has 34 heavy (non-hydrogen) atoms. The van der Waals surface area contributed by atoms with E-state index >= 15 is 0 Å². The van der Waals surface area contributed by atoms with Gasteiger partial charge in [-0.15, -0.1) is 0 Å². The van der Waals surface area contributed by atoms with Crippen molar-refractivity contribution >= 4 is 95.7 Å². The lowest BCUT2D eigenvalue weighted by atomic mass is 9.78. The zero-order valence-corrected chi connectivity index (χ0v) is 24.2. The second kappa shape index (κ2) is 10.6. The number of alkyl halides is 3. The standard InChI is InChI=1S/C19H17F3I3NO7S/c20-19(21,22)12(6-34(30,31)32)33-18(29)14-8-2-1-7(3-8)13(14)17(28)26-16(27)10-4-9(23)5-11(24)15(10)25/h4-5,7-8,12-14H,1-3,6H2,(H,26,27,28)(H,30,31,32). The molecule has 0 saturated heterocycles. The van der Waals surface area contributed by atoms with Gasteiger partial charge in [0.15, 0.2) is 0 Å². The Kier molecular flexibility index (Phi) is 8.82. The number of carbonyl (C=O) groups is 3. The van der Waals surface area contributed by atoms with Crippen LogP contribution in [0.3, 0.4) is 0 Å². The average Bonchev–Trinajstić information content (AvgIpc) is 3.29. The third-order valence-electron chi connectivity index (χ3n) is 5.95. The van der Waals surface area contributed by atoms with Crippen LogP contribution in [0.2, 0.25) is 0 Å². The van der Waals surface area contributed by atoms with Gasteiger partial charge in [-0.25, -0.2) is 0 Å². The number of halogens is 6. The van der Waals surface area contributed by atoms with Gasteiger partial charge in [-0.3, -0.25) is 24.3 Å².